The number of nitrogens with zero attached hydrogens (tertiary/aromatic N) is 1. The fourth-order valence-electron chi connectivity index (χ4n) is 1.26. The van der Waals surface area contributed by atoms with Crippen LogP contribution >= 0.6 is 24.0 Å². The van der Waals surface area contributed by atoms with Crippen molar-refractivity contribution in [2.24, 2.45) is 10.7 Å². The summed E-state index contributed by atoms with van der Waals surface area (Å²) in [5.74, 6) is -0.544. The third kappa shape index (κ3) is 9.65. The SMILES string of the molecule is CS(=O)(=O)CCN=C(N)Nc1ccc(OC(F)(F)F)cc1.I. The Kier molecular flexibility index (Phi) is 7.93. The summed E-state index contributed by atoms with van der Waals surface area (Å²) in [6.07, 6.45) is -3.67. The van der Waals surface area contributed by atoms with E-state index in [0.29, 0.717) is 5.69 Å². The zero-order valence-electron chi connectivity index (χ0n) is 11.4. The highest BCUT2D eigenvalue weighted by atomic mass is 127. The van der Waals surface area contributed by atoms with Crippen molar-refractivity contribution in [3.05, 3.63) is 24.3 Å². The maximum atomic E-state index is 12.0. The van der Waals surface area contributed by atoms with Gasteiger partial charge >= 0.3 is 6.36 Å². The average molecular weight is 453 g/mol. The Hall–Kier alpha value is -1.24. The van der Waals surface area contributed by atoms with E-state index in [4.69, 9.17) is 5.73 Å². The van der Waals surface area contributed by atoms with Gasteiger partial charge in [-0.05, 0) is 24.3 Å². The third-order valence-corrected chi connectivity index (χ3v) is 3.03. The van der Waals surface area contributed by atoms with E-state index < -0.39 is 16.2 Å². The van der Waals surface area contributed by atoms with Crippen molar-refractivity contribution < 1.29 is 26.3 Å². The first kappa shape index (κ1) is 20.8. The summed E-state index contributed by atoms with van der Waals surface area (Å²) < 4.78 is 61.4. The van der Waals surface area contributed by atoms with Gasteiger partial charge in [0.05, 0.1) is 12.3 Å². The Morgan fingerprint density at radius 1 is 1.32 bits per heavy atom. The van der Waals surface area contributed by atoms with Gasteiger partial charge in [0.15, 0.2) is 5.96 Å². The standard InChI is InChI=1S/C11H14F3N3O3S.HI/c1-21(18,19)7-6-16-10(15)17-8-2-4-9(5-3-8)20-11(12,13)14;/h2-5H,6-7H2,1H3,(H3,15,16,17);1H. The van der Waals surface area contributed by atoms with E-state index in [9.17, 15) is 21.6 Å². The molecule has 1 aromatic rings. The molecule has 0 heterocycles. The van der Waals surface area contributed by atoms with Crippen molar-refractivity contribution in [2.75, 3.05) is 23.9 Å². The summed E-state index contributed by atoms with van der Waals surface area (Å²) in [5.41, 5.74) is 5.90. The molecule has 0 aliphatic rings. The normalized spacial score (nSPS) is 12.5. The van der Waals surface area contributed by atoms with Crippen LogP contribution in [-0.4, -0.2) is 39.3 Å². The Balaban J connectivity index is 0.00000441. The molecule has 1 rings (SSSR count). The van der Waals surface area contributed by atoms with Gasteiger partial charge in [0, 0.05) is 11.9 Å². The quantitative estimate of drug-likeness (QED) is 0.404. The molecule has 0 radical (unpaired) electrons. The van der Waals surface area contributed by atoms with Gasteiger partial charge < -0.3 is 15.8 Å². The Morgan fingerprint density at radius 2 is 1.86 bits per heavy atom. The van der Waals surface area contributed by atoms with Crippen LogP contribution in [0.3, 0.4) is 0 Å². The molecule has 22 heavy (non-hydrogen) atoms. The molecule has 0 saturated heterocycles. The van der Waals surface area contributed by atoms with Crippen LogP contribution in [-0.2, 0) is 9.84 Å². The average Bonchev–Trinajstić information content (AvgIpc) is 2.28. The number of hydrogen-bond acceptors (Lipinski definition) is 4. The molecule has 0 unspecified atom stereocenters. The molecule has 0 fully saturated rings. The van der Waals surface area contributed by atoms with E-state index in [1.807, 2.05) is 0 Å². The lowest BCUT2D eigenvalue weighted by atomic mass is 10.3. The van der Waals surface area contributed by atoms with E-state index in [1.165, 1.54) is 12.1 Å². The molecule has 11 heteroatoms. The minimum absolute atomic E-state index is 0. The molecule has 0 atom stereocenters. The predicted octanol–water partition coefficient (Wildman–Crippen LogP) is 1.97. The van der Waals surface area contributed by atoms with Gasteiger partial charge in [-0.1, -0.05) is 0 Å². The third-order valence-electron chi connectivity index (χ3n) is 2.10. The van der Waals surface area contributed by atoms with Crippen molar-refractivity contribution in [3.8, 4) is 5.75 Å². The van der Waals surface area contributed by atoms with Crippen LogP contribution in [0.5, 0.6) is 5.75 Å². The molecule has 3 N–H and O–H groups in total. The Bertz CT molecular complexity index is 603. The van der Waals surface area contributed by atoms with Crippen LogP contribution < -0.4 is 15.8 Å². The molecule has 0 bridgehead atoms. The molecule has 126 valence electrons. The highest BCUT2D eigenvalue weighted by Crippen LogP contribution is 2.23. The molecule has 0 amide bonds. The van der Waals surface area contributed by atoms with Crippen molar-refractivity contribution in [1.29, 1.82) is 0 Å². The second kappa shape index (κ2) is 8.41. The zero-order chi connectivity index (χ0) is 16.1. The topological polar surface area (TPSA) is 93.8 Å². The van der Waals surface area contributed by atoms with Crippen molar-refractivity contribution in [1.82, 2.24) is 0 Å². The number of nitrogens with two attached hydrogens (primary N) is 1. The lowest BCUT2D eigenvalue weighted by Gasteiger charge is -2.10. The van der Waals surface area contributed by atoms with Gasteiger partial charge in [0.25, 0.3) is 0 Å². The summed E-state index contributed by atoms with van der Waals surface area (Å²) in [6.45, 7) is -0.00701. The van der Waals surface area contributed by atoms with Gasteiger partial charge in [-0.15, -0.1) is 37.1 Å². The van der Waals surface area contributed by atoms with Crippen molar-refractivity contribution >= 4 is 45.5 Å². The highest BCUT2D eigenvalue weighted by Gasteiger charge is 2.30. The summed E-state index contributed by atoms with van der Waals surface area (Å²) in [7, 11) is -3.13. The maximum Gasteiger partial charge on any atom is 0.573 e. The molecule has 0 aliphatic carbocycles. The molecule has 0 aliphatic heterocycles. The number of nitrogens with one attached hydrogen (secondary N) is 1. The number of guanidine groups is 1. The smallest absolute Gasteiger partial charge is 0.406 e. The second-order valence-corrected chi connectivity index (χ2v) is 6.35. The lowest BCUT2D eigenvalue weighted by Crippen LogP contribution is -2.23. The number of hydrogen-bond donors (Lipinski definition) is 2. The number of ether oxygens (including phenoxy) is 1. The van der Waals surface area contributed by atoms with E-state index in [-0.39, 0.29) is 48.0 Å². The number of benzene rings is 1. The molecule has 6 nitrogen and oxygen atoms in total. The van der Waals surface area contributed by atoms with Crippen LogP contribution in [0.2, 0.25) is 0 Å². The van der Waals surface area contributed by atoms with Crippen molar-refractivity contribution in [3.63, 3.8) is 0 Å². The van der Waals surface area contributed by atoms with E-state index >= 15 is 0 Å². The molecule has 0 spiro atoms. The molecule has 1 aromatic carbocycles. The summed E-state index contributed by atoms with van der Waals surface area (Å²) in [4.78, 5) is 3.78. The summed E-state index contributed by atoms with van der Waals surface area (Å²) in [6, 6.07) is 4.86. The Labute approximate surface area is 142 Å². The number of sulfone groups is 1. The number of aliphatic imine (C=N–C) groups is 1. The minimum Gasteiger partial charge on any atom is -0.406 e. The van der Waals surface area contributed by atoms with Crippen LogP contribution in [0.4, 0.5) is 18.9 Å². The largest absolute Gasteiger partial charge is 0.573 e. The van der Waals surface area contributed by atoms with Gasteiger partial charge in [-0.3, -0.25) is 4.99 Å². The van der Waals surface area contributed by atoms with Gasteiger partial charge in [0.1, 0.15) is 15.6 Å². The number of halogens is 4. The van der Waals surface area contributed by atoms with Gasteiger partial charge in [-0.2, -0.15) is 0 Å². The van der Waals surface area contributed by atoms with Gasteiger partial charge in [0.2, 0.25) is 0 Å². The summed E-state index contributed by atoms with van der Waals surface area (Å²) in [5, 5.41) is 2.61. The highest BCUT2D eigenvalue weighted by molar-refractivity contribution is 14.0. The first-order valence-corrected chi connectivity index (χ1v) is 7.72. The Morgan fingerprint density at radius 3 is 2.32 bits per heavy atom. The predicted molar refractivity (Wildman–Crippen MR) is 88.4 cm³/mol. The summed E-state index contributed by atoms with van der Waals surface area (Å²) >= 11 is 0. The number of anilines is 1. The van der Waals surface area contributed by atoms with Crippen molar-refractivity contribution in [2.45, 2.75) is 6.36 Å². The van der Waals surface area contributed by atoms with Gasteiger partial charge in [-0.25, -0.2) is 8.42 Å². The van der Waals surface area contributed by atoms with Crippen LogP contribution in [0.15, 0.2) is 29.3 Å². The second-order valence-electron chi connectivity index (χ2n) is 4.09. The molecule has 0 aromatic heterocycles. The molecular weight excluding hydrogens is 438 g/mol. The molecular formula is C11H15F3IN3O3S. The number of alkyl halides is 3. The monoisotopic (exact) mass is 453 g/mol. The van der Waals surface area contributed by atoms with Crippen LogP contribution in [0.25, 0.3) is 0 Å². The fraction of sp³-hybridized carbons (Fsp3) is 0.364. The minimum atomic E-state index is -4.75. The first-order chi connectivity index (χ1) is 9.55. The van der Waals surface area contributed by atoms with Crippen LogP contribution in [0, 0.1) is 0 Å². The van der Waals surface area contributed by atoms with E-state index in [2.05, 4.69) is 15.0 Å². The lowest BCUT2D eigenvalue weighted by molar-refractivity contribution is -0.274. The fourth-order valence-corrected chi connectivity index (χ4v) is 1.68. The first-order valence-electron chi connectivity index (χ1n) is 5.66. The van der Waals surface area contributed by atoms with E-state index in [0.717, 1.165) is 18.4 Å². The maximum absolute atomic E-state index is 12.0. The zero-order valence-corrected chi connectivity index (χ0v) is 14.6. The number of rotatable bonds is 5. The van der Waals surface area contributed by atoms with E-state index in [1.54, 1.807) is 0 Å². The van der Waals surface area contributed by atoms with Crippen LogP contribution in [0.1, 0.15) is 0 Å². The molecule has 0 saturated carbocycles.